The maximum Gasteiger partial charge on any atom is 0.338 e. The SMILES string of the molecule is CCn1c(C(O)C(=O)O)cc2c(F)cccc21. The maximum atomic E-state index is 13.5. The Balaban J connectivity index is 2.72. The number of benzene rings is 1. The molecule has 1 atom stereocenters. The number of carbonyl (C=O) groups is 1. The van der Waals surface area contributed by atoms with Crippen LogP contribution in [-0.4, -0.2) is 20.7 Å². The van der Waals surface area contributed by atoms with Crippen LogP contribution in [0.3, 0.4) is 0 Å². The second-order valence-corrected chi connectivity index (χ2v) is 3.73. The van der Waals surface area contributed by atoms with Gasteiger partial charge >= 0.3 is 5.97 Å². The third-order valence-electron chi connectivity index (χ3n) is 2.75. The Morgan fingerprint density at radius 2 is 2.24 bits per heavy atom. The molecule has 0 aliphatic rings. The van der Waals surface area contributed by atoms with E-state index in [-0.39, 0.29) is 5.69 Å². The molecule has 5 heteroatoms. The number of hydrogen-bond donors (Lipinski definition) is 2. The van der Waals surface area contributed by atoms with Crippen LogP contribution in [0.25, 0.3) is 10.9 Å². The number of aryl methyl sites for hydroxylation is 1. The summed E-state index contributed by atoms with van der Waals surface area (Å²) in [5.41, 5.74) is 0.780. The minimum Gasteiger partial charge on any atom is -0.479 e. The van der Waals surface area contributed by atoms with E-state index in [0.29, 0.717) is 17.4 Å². The quantitative estimate of drug-likeness (QED) is 0.857. The first kappa shape index (κ1) is 11.6. The van der Waals surface area contributed by atoms with E-state index in [1.54, 1.807) is 16.7 Å². The van der Waals surface area contributed by atoms with Gasteiger partial charge in [-0.3, -0.25) is 0 Å². The topological polar surface area (TPSA) is 62.5 Å². The van der Waals surface area contributed by atoms with E-state index < -0.39 is 17.9 Å². The maximum absolute atomic E-state index is 13.5. The molecule has 0 fully saturated rings. The molecule has 0 saturated carbocycles. The van der Waals surface area contributed by atoms with Crippen molar-refractivity contribution in [2.45, 2.75) is 19.6 Å². The van der Waals surface area contributed by atoms with Crippen LogP contribution in [0, 0.1) is 5.82 Å². The number of aliphatic hydroxyl groups is 1. The fourth-order valence-corrected chi connectivity index (χ4v) is 1.97. The van der Waals surface area contributed by atoms with Gasteiger partial charge in [-0.15, -0.1) is 0 Å². The van der Waals surface area contributed by atoms with Gasteiger partial charge in [0.25, 0.3) is 0 Å². The Labute approximate surface area is 96.9 Å². The summed E-state index contributed by atoms with van der Waals surface area (Å²) in [4.78, 5) is 10.8. The van der Waals surface area contributed by atoms with Gasteiger partial charge < -0.3 is 14.8 Å². The number of halogens is 1. The molecule has 0 spiro atoms. The lowest BCUT2D eigenvalue weighted by Crippen LogP contribution is -2.14. The highest BCUT2D eigenvalue weighted by Crippen LogP contribution is 2.26. The first-order valence-electron chi connectivity index (χ1n) is 5.24. The average Bonchev–Trinajstić information content (AvgIpc) is 2.67. The van der Waals surface area contributed by atoms with Gasteiger partial charge in [-0.05, 0) is 25.1 Å². The predicted octanol–water partition coefficient (Wildman–Crippen LogP) is 1.92. The number of rotatable bonds is 3. The van der Waals surface area contributed by atoms with Crippen LogP contribution in [-0.2, 0) is 11.3 Å². The van der Waals surface area contributed by atoms with Crippen LogP contribution in [0.2, 0.25) is 0 Å². The van der Waals surface area contributed by atoms with Crippen LogP contribution in [0.15, 0.2) is 24.3 Å². The third-order valence-corrected chi connectivity index (χ3v) is 2.75. The van der Waals surface area contributed by atoms with Gasteiger partial charge in [-0.1, -0.05) is 6.07 Å². The molecule has 2 N–H and O–H groups in total. The first-order chi connectivity index (χ1) is 8.06. The Morgan fingerprint density at radius 1 is 1.53 bits per heavy atom. The van der Waals surface area contributed by atoms with E-state index in [0.717, 1.165) is 0 Å². The molecule has 4 nitrogen and oxygen atoms in total. The second kappa shape index (κ2) is 4.18. The summed E-state index contributed by atoms with van der Waals surface area (Å²) < 4.78 is 15.1. The average molecular weight is 237 g/mol. The molecular formula is C12H12FNO3. The largest absolute Gasteiger partial charge is 0.479 e. The molecule has 0 aliphatic carbocycles. The number of carboxylic acids is 1. The van der Waals surface area contributed by atoms with Crippen LogP contribution in [0.4, 0.5) is 4.39 Å². The van der Waals surface area contributed by atoms with Gasteiger partial charge in [0.05, 0.1) is 11.2 Å². The molecule has 90 valence electrons. The first-order valence-corrected chi connectivity index (χ1v) is 5.24. The smallest absolute Gasteiger partial charge is 0.338 e. The predicted molar refractivity (Wildman–Crippen MR) is 60.2 cm³/mol. The van der Waals surface area contributed by atoms with Crippen molar-refractivity contribution in [3.63, 3.8) is 0 Å². The molecule has 0 radical (unpaired) electrons. The van der Waals surface area contributed by atoms with E-state index in [4.69, 9.17) is 5.11 Å². The van der Waals surface area contributed by atoms with Crippen molar-refractivity contribution in [2.75, 3.05) is 0 Å². The van der Waals surface area contributed by atoms with Crippen LogP contribution in [0.5, 0.6) is 0 Å². The lowest BCUT2D eigenvalue weighted by molar-refractivity contribution is -0.147. The molecule has 1 aromatic heterocycles. The zero-order valence-electron chi connectivity index (χ0n) is 9.22. The van der Waals surface area contributed by atoms with Gasteiger partial charge in [0.1, 0.15) is 5.82 Å². The number of hydrogen-bond acceptors (Lipinski definition) is 2. The normalized spacial score (nSPS) is 12.9. The van der Waals surface area contributed by atoms with Crippen molar-refractivity contribution in [3.8, 4) is 0 Å². The summed E-state index contributed by atoms with van der Waals surface area (Å²) in [5.74, 6) is -1.77. The van der Waals surface area contributed by atoms with Gasteiger partial charge in [-0.2, -0.15) is 0 Å². The molecular weight excluding hydrogens is 225 g/mol. The number of fused-ring (bicyclic) bond motifs is 1. The highest BCUT2D eigenvalue weighted by atomic mass is 19.1. The van der Waals surface area contributed by atoms with Crippen LogP contribution < -0.4 is 0 Å². The highest BCUT2D eigenvalue weighted by molar-refractivity contribution is 5.84. The molecule has 1 unspecified atom stereocenters. The van der Waals surface area contributed by atoms with Gasteiger partial charge in [0, 0.05) is 11.9 Å². The summed E-state index contributed by atoms with van der Waals surface area (Å²) in [6.07, 6.45) is -1.64. The molecule has 0 saturated heterocycles. The van der Waals surface area contributed by atoms with Crippen LogP contribution in [0.1, 0.15) is 18.7 Å². The van der Waals surface area contributed by atoms with Gasteiger partial charge in [0.15, 0.2) is 6.10 Å². The summed E-state index contributed by atoms with van der Waals surface area (Å²) >= 11 is 0. The number of aliphatic carboxylic acids is 1. The monoisotopic (exact) mass is 237 g/mol. The Kier molecular flexibility index (Phi) is 2.85. The molecule has 0 amide bonds. The van der Waals surface area contributed by atoms with E-state index in [1.807, 2.05) is 6.92 Å². The summed E-state index contributed by atoms with van der Waals surface area (Å²) in [6, 6.07) is 5.94. The molecule has 0 bridgehead atoms. The van der Waals surface area contributed by atoms with E-state index >= 15 is 0 Å². The highest BCUT2D eigenvalue weighted by Gasteiger charge is 2.22. The zero-order valence-corrected chi connectivity index (χ0v) is 9.22. The number of aliphatic hydroxyl groups excluding tert-OH is 1. The number of carboxylic acid groups (broad SMARTS) is 1. The minimum atomic E-state index is -1.64. The Bertz CT molecular complexity index is 576. The summed E-state index contributed by atoms with van der Waals surface area (Å²) in [5, 5.41) is 18.7. The molecule has 1 aromatic carbocycles. The van der Waals surface area contributed by atoms with Gasteiger partial charge in [0.2, 0.25) is 0 Å². The Morgan fingerprint density at radius 3 is 2.82 bits per heavy atom. The fraction of sp³-hybridized carbons (Fsp3) is 0.250. The molecule has 2 rings (SSSR count). The lowest BCUT2D eigenvalue weighted by atomic mass is 10.2. The molecule has 1 heterocycles. The zero-order chi connectivity index (χ0) is 12.6. The molecule has 2 aromatic rings. The minimum absolute atomic E-state index is 0.195. The molecule has 0 aliphatic heterocycles. The fourth-order valence-electron chi connectivity index (χ4n) is 1.97. The number of nitrogens with zero attached hydrogens (tertiary/aromatic N) is 1. The number of aromatic nitrogens is 1. The lowest BCUT2D eigenvalue weighted by Gasteiger charge is -2.10. The standard InChI is InChI=1S/C12H12FNO3/c1-2-14-9-5-3-4-8(13)7(9)6-10(14)11(15)12(16)17/h3-6,11,15H,2H2,1H3,(H,16,17). The van der Waals surface area contributed by atoms with Crippen molar-refractivity contribution in [2.24, 2.45) is 0 Å². The van der Waals surface area contributed by atoms with Gasteiger partial charge in [-0.25, -0.2) is 9.18 Å². The second-order valence-electron chi connectivity index (χ2n) is 3.73. The van der Waals surface area contributed by atoms with E-state index in [1.165, 1.54) is 12.1 Å². The van der Waals surface area contributed by atoms with Crippen molar-refractivity contribution in [1.29, 1.82) is 0 Å². The Hall–Kier alpha value is -1.88. The van der Waals surface area contributed by atoms with E-state index in [2.05, 4.69) is 0 Å². The van der Waals surface area contributed by atoms with Crippen molar-refractivity contribution in [1.82, 2.24) is 4.57 Å². The van der Waals surface area contributed by atoms with Crippen molar-refractivity contribution < 1.29 is 19.4 Å². The van der Waals surface area contributed by atoms with E-state index in [9.17, 15) is 14.3 Å². The van der Waals surface area contributed by atoms with Crippen LogP contribution >= 0.6 is 0 Å². The van der Waals surface area contributed by atoms with Crippen molar-refractivity contribution in [3.05, 3.63) is 35.8 Å². The summed E-state index contributed by atoms with van der Waals surface area (Å²) in [7, 11) is 0. The molecule has 17 heavy (non-hydrogen) atoms. The third kappa shape index (κ3) is 1.78. The summed E-state index contributed by atoms with van der Waals surface area (Å²) in [6.45, 7) is 2.27. The van der Waals surface area contributed by atoms with Crippen molar-refractivity contribution >= 4 is 16.9 Å².